The molecule has 1 unspecified atom stereocenters. The van der Waals surface area contributed by atoms with Crippen LogP contribution in [0.5, 0.6) is 0 Å². The minimum absolute atomic E-state index is 0.0270. The molecule has 1 saturated heterocycles. The number of thioether (sulfide) groups is 1. The first-order valence-electron chi connectivity index (χ1n) is 4.94. The van der Waals surface area contributed by atoms with Gasteiger partial charge in [-0.1, -0.05) is 23.7 Å². The number of aliphatic carboxylic acids is 1. The maximum Gasteiger partial charge on any atom is 0.321 e. The van der Waals surface area contributed by atoms with Crippen molar-refractivity contribution in [3.05, 3.63) is 34.3 Å². The van der Waals surface area contributed by atoms with Gasteiger partial charge in [0.25, 0.3) is 0 Å². The maximum atomic E-state index is 10.8. The van der Waals surface area contributed by atoms with Gasteiger partial charge in [0.2, 0.25) is 0 Å². The normalized spacial score (nSPS) is 24.6. The minimum atomic E-state index is -0.798. The minimum Gasteiger partial charge on any atom is -0.480 e. The van der Waals surface area contributed by atoms with Crippen molar-refractivity contribution in [3.63, 3.8) is 0 Å². The summed E-state index contributed by atoms with van der Waals surface area (Å²) in [4.78, 5) is 10.8. The third-order valence-corrected chi connectivity index (χ3v) is 4.25. The number of nitrogens with one attached hydrogen (secondary N) is 1. The van der Waals surface area contributed by atoms with Crippen molar-refractivity contribution in [1.29, 1.82) is 0 Å². The van der Waals surface area contributed by atoms with Crippen LogP contribution in [0.25, 0.3) is 0 Å². The third kappa shape index (κ3) is 2.34. The van der Waals surface area contributed by atoms with Crippen molar-refractivity contribution in [2.24, 2.45) is 0 Å². The molecule has 0 saturated carbocycles. The van der Waals surface area contributed by atoms with Crippen molar-refractivity contribution >= 4 is 29.3 Å². The lowest BCUT2D eigenvalue weighted by atomic mass is 10.1. The smallest absolute Gasteiger partial charge is 0.321 e. The van der Waals surface area contributed by atoms with Crippen LogP contribution in [0.4, 0.5) is 0 Å². The van der Waals surface area contributed by atoms with E-state index in [-0.39, 0.29) is 5.37 Å². The molecule has 86 valence electrons. The van der Waals surface area contributed by atoms with Gasteiger partial charge >= 0.3 is 5.97 Å². The number of aryl methyl sites for hydroxylation is 1. The highest BCUT2D eigenvalue weighted by molar-refractivity contribution is 7.99. The first kappa shape index (κ1) is 11.8. The number of rotatable bonds is 2. The third-order valence-electron chi connectivity index (χ3n) is 2.58. The fraction of sp³-hybridized carbons (Fsp3) is 0.364. The van der Waals surface area contributed by atoms with Crippen LogP contribution in [0.15, 0.2) is 18.2 Å². The molecule has 16 heavy (non-hydrogen) atoms. The van der Waals surface area contributed by atoms with Gasteiger partial charge in [0.05, 0.1) is 5.37 Å². The molecule has 0 aromatic heterocycles. The summed E-state index contributed by atoms with van der Waals surface area (Å²) in [5.74, 6) is -0.209. The monoisotopic (exact) mass is 257 g/mol. The van der Waals surface area contributed by atoms with E-state index in [4.69, 9.17) is 16.7 Å². The Balaban J connectivity index is 2.14. The van der Waals surface area contributed by atoms with Gasteiger partial charge in [-0.05, 0) is 24.1 Å². The van der Waals surface area contributed by atoms with Gasteiger partial charge in [0.1, 0.15) is 6.04 Å². The van der Waals surface area contributed by atoms with E-state index in [1.54, 1.807) is 11.8 Å². The standard InChI is InChI=1S/C11H12ClNO2S/c1-6-2-3-7(4-8(6)12)10-13-9(5-16-10)11(14)15/h2-4,9-10,13H,5H2,1H3,(H,14,15)/t9-,10?/m1/s1. The van der Waals surface area contributed by atoms with Gasteiger partial charge in [-0.25, -0.2) is 0 Å². The molecule has 1 aliphatic rings. The SMILES string of the molecule is Cc1ccc(C2N[C@@H](C(=O)O)CS2)cc1Cl. The molecule has 0 bridgehead atoms. The van der Waals surface area contributed by atoms with Crippen LogP contribution in [-0.2, 0) is 4.79 Å². The molecule has 2 rings (SSSR count). The average Bonchev–Trinajstić information content (AvgIpc) is 2.71. The van der Waals surface area contributed by atoms with Gasteiger partial charge in [-0.2, -0.15) is 0 Å². The topological polar surface area (TPSA) is 49.3 Å². The number of hydrogen-bond acceptors (Lipinski definition) is 3. The summed E-state index contributed by atoms with van der Waals surface area (Å²) < 4.78 is 0. The largest absolute Gasteiger partial charge is 0.480 e. The molecule has 1 aromatic rings. The molecule has 0 aliphatic carbocycles. The summed E-state index contributed by atoms with van der Waals surface area (Å²) in [6, 6.07) is 5.37. The van der Waals surface area contributed by atoms with Gasteiger partial charge in [-0.3, -0.25) is 10.1 Å². The molecular formula is C11H12ClNO2S. The quantitative estimate of drug-likeness (QED) is 0.855. The molecule has 1 aromatic carbocycles. The number of benzene rings is 1. The molecule has 1 fully saturated rings. The summed E-state index contributed by atoms with van der Waals surface area (Å²) in [6.45, 7) is 1.95. The molecule has 0 radical (unpaired) electrons. The lowest BCUT2D eigenvalue weighted by molar-refractivity contribution is -0.138. The first-order chi connectivity index (χ1) is 7.58. The number of carboxylic acid groups (broad SMARTS) is 1. The van der Waals surface area contributed by atoms with Gasteiger partial charge in [-0.15, -0.1) is 11.8 Å². The molecule has 3 nitrogen and oxygen atoms in total. The number of carbonyl (C=O) groups is 1. The fourth-order valence-corrected chi connectivity index (χ4v) is 2.99. The molecule has 1 heterocycles. The molecular weight excluding hydrogens is 246 g/mol. The molecule has 2 N–H and O–H groups in total. The lowest BCUT2D eigenvalue weighted by Gasteiger charge is -2.12. The van der Waals surface area contributed by atoms with E-state index in [9.17, 15) is 4.79 Å². The summed E-state index contributed by atoms with van der Waals surface area (Å²) >= 11 is 7.63. The Labute approximate surface area is 103 Å². The van der Waals surface area contributed by atoms with Crippen LogP contribution >= 0.6 is 23.4 Å². The van der Waals surface area contributed by atoms with Crippen molar-refractivity contribution < 1.29 is 9.90 Å². The second kappa shape index (κ2) is 4.65. The number of hydrogen-bond donors (Lipinski definition) is 2. The van der Waals surface area contributed by atoms with Crippen LogP contribution in [-0.4, -0.2) is 22.9 Å². The predicted molar refractivity (Wildman–Crippen MR) is 65.9 cm³/mol. The average molecular weight is 258 g/mol. The summed E-state index contributed by atoms with van der Waals surface area (Å²) in [6.07, 6.45) is 0. The molecule has 5 heteroatoms. The van der Waals surface area contributed by atoms with E-state index < -0.39 is 12.0 Å². The van der Waals surface area contributed by atoms with Crippen LogP contribution in [0.3, 0.4) is 0 Å². The highest BCUT2D eigenvalue weighted by Crippen LogP contribution is 2.34. The van der Waals surface area contributed by atoms with Gasteiger partial charge < -0.3 is 5.11 Å². The predicted octanol–water partition coefficient (Wildman–Crippen LogP) is 2.44. The van der Waals surface area contributed by atoms with Crippen molar-refractivity contribution in [2.45, 2.75) is 18.3 Å². The van der Waals surface area contributed by atoms with Crippen LogP contribution in [0.1, 0.15) is 16.5 Å². The zero-order valence-corrected chi connectivity index (χ0v) is 10.3. The summed E-state index contributed by atoms with van der Waals surface area (Å²) in [5.41, 5.74) is 2.06. The van der Waals surface area contributed by atoms with E-state index >= 15 is 0 Å². The van der Waals surface area contributed by atoms with E-state index in [0.29, 0.717) is 5.75 Å². The fourth-order valence-electron chi connectivity index (χ4n) is 1.58. The maximum absolute atomic E-state index is 10.8. The second-order valence-corrected chi connectivity index (χ2v) is 5.32. The summed E-state index contributed by atoms with van der Waals surface area (Å²) in [5, 5.41) is 12.7. The van der Waals surface area contributed by atoms with E-state index in [1.165, 1.54) is 0 Å². The lowest BCUT2D eigenvalue weighted by Crippen LogP contribution is -2.33. The number of carboxylic acids is 1. The Morgan fingerprint density at radius 1 is 1.62 bits per heavy atom. The van der Waals surface area contributed by atoms with E-state index in [0.717, 1.165) is 16.1 Å². The zero-order chi connectivity index (χ0) is 11.7. The van der Waals surface area contributed by atoms with E-state index in [1.807, 2.05) is 25.1 Å². The molecule has 0 spiro atoms. The van der Waals surface area contributed by atoms with Gasteiger partial charge in [0.15, 0.2) is 0 Å². The number of halogens is 1. The Morgan fingerprint density at radius 2 is 2.38 bits per heavy atom. The van der Waals surface area contributed by atoms with Gasteiger partial charge in [0, 0.05) is 10.8 Å². The van der Waals surface area contributed by atoms with Crippen LogP contribution in [0.2, 0.25) is 5.02 Å². The summed E-state index contributed by atoms with van der Waals surface area (Å²) in [7, 11) is 0. The highest BCUT2D eigenvalue weighted by Gasteiger charge is 2.30. The highest BCUT2D eigenvalue weighted by atomic mass is 35.5. The van der Waals surface area contributed by atoms with Crippen molar-refractivity contribution in [2.75, 3.05) is 5.75 Å². The van der Waals surface area contributed by atoms with Crippen molar-refractivity contribution in [1.82, 2.24) is 5.32 Å². The second-order valence-electron chi connectivity index (χ2n) is 3.78. The molecule has 0 amide bonds. The Kier molecular flexibility index (Phi) is 3.42. The Morgan fingerprint density at radius 3 is 2.94 bits per heavy atom. The van der Waals surface area contributed by atoms with E-state index in [2.05, 4.69) is 5.32 Å². The molecule has 2 atom stereocenters. The first-order valence-corrected chi connectivity index (χ1v) is 6.37. The molecule has 1 aliphatic heterocycles. The zero-order valence-electron chi connectivity index (χ0n) is 8.74. The Hall–Kier alpha value is -0.710. The van der Waals surface area contributed by atoms with Crippen LogP contribution < -0.4 is 5.32 Å². The Bertz CT molecular complexity index is 424. The van der Waals surface area contributed by atoms with Crippen molar-refractivity contribution in [3.8, 4) is 0 Å². The van der Waals surface area contributed by atoms with Crippen LogP contribution in [0, 0.1) is 6.92 Å².